The van der Waals surface area contributed by atoms with Gasteiger partial charge < -0.3 is 19.7 Å². The van der Waals surface area contributed by atoms with E-state index in [1.165, 1.54) is 13.2 Å². The predicted octanol–water partition coefficient (Wildman–Crippen LogP) is 3.60. The van der Waals surface area contributed by atoms with E-state index in [-0.39, 0.29) is 11.3 Å². The summed E-state index contributed by atoms with van der Waals surface area (Å²) < 4.78 is 10.8. The lowest BCUT2D eigenvalue weighted by Crippen LogP contribution is -2.01. The van der Waals surface area contributed by atoms with Gasteiger partial charge in [0.2, 0.25) is 0 Å². The molecule has 0 aromatic heterocycles. The third kappa shape index (κ3) is 2.79. The van der Waals surface area contributed by atoms with E-state index in [0.29, 0.717) is 22.3 Å². The molecular formula is C17H20O5. The maximum atomic E-state index is 11.2. The summed E-state index contributed by atoms with van der Waals surface area (Å²) >= 11 is 0. The molecule has 2 rings (SSSR count). The second kappa shape index (κ2) is 6.56. The first-order valence-electron chi connectivity index (χ1n) is 7.17. The topological polar surface area (TPSA) is 76.0 Å². The van der Waals surface area contributed by atoms with Crippen molar-refractivity contribution >= 4 is 16.7 Å². The molecule has 22 heavy (non-hydrogen) atoms. The lowest BCUT2D eigenvalue weighted by molar-refractivity contribution is 0.0696. The van der Waals surface area contributed by atoms with Crippen molar-refractivity contribution in [2.75, 3.05) is 14.2 Å². The van der Waals surface area contributed by atoms with Crippen LogP contribution in [0.5, 0.6) is 17.2 Å². The zero-order valence-electron chi connectivity index (χ0n) is 13.0. The second-order valence-corrected chi connectivity index (χ2v) is 5.09. The van der Waals surface area contributed by atoms with Gasteiger partial charge in [-0.3, -0.25) is 0 Å². The number of carboxylic acid groups (broad SMARTS) is 1. The van der Waals surface area contributed by atoms with Crippen LogP contribution in [0.25, 0.3) is 10.8 Å². The molecule has 0 aliphatic heterocycles. The van der Waals surface area contributed by atoms with Crippen LogP contribution in [-0.4, -0.2) is 30.4 Å². The Labute approximate surface area is 129 Å². The Morgan fingerprint density at radius 1 is 1.14 bits per heavy atom. The van der Waals surface area contributed by atoms with Gasteiger partial charge in [0.05, 0.1) is 19.8 Å². The quantitative estimate of drug-likeness (QED) is 0.852. The maximum Gasteiger partial charge on any atom is 0.335 e. The van der Waals surface area contributed by atoms with E-state index in [2.05, 4.69) is 6.92 Å². The summed E-state index contributed by atoms with van der Waals surface area (Å²) in [4.78, 5) is 11.2. The molecule has 0 aliphatic rings. The fraction of sp³-hybridized carbons (Fsp3) is 0.353. The summed E-state index contributed by atoms with van der Waals surface area (Å²) in [5.74, 6) is -0.0353. The number of aromatic carboxylic acids is 1. The van der Waals surface area contributed by atoms with Gasteiger partial charge in [-0.25, -0.2) is 4.79 Å². The van der Waals surface area contributed by atoms with E-state index >= 15 is 0 Å². The number of carboxylic acids is 1. The van der Waals surface area contributed by atoms with Crippen LogP contribution < -0.4 is 9.47 Å². The molecule has 0 saturated carbocycles. The number of aromatic hydroxyl groups is 1. The van der Waals surface area contributed by atoms with Gasteiger partial charge >= 0.3 is 5.97 Å². The van der Waals surface area contributed by atoms with Crippen LogP contribution in [0.1, 0.15) is 35.7 Å². The Balaban J connectivity index is 2.83. The van der Waals surface area contributed by atoms with Crippen LogP contribution in [-0.2, 0) is 6.42 Å². The van der Waals surface area contributed by atoms with E-state index in [1.54, 1.807) is 19.2 Å². The van der Waals surface area contributed by atoms with Crippen molar-refractivity contribution in [1.82, 2.24) is 0 Å². The van der Waals surface area contributed by atoms with Crippen molar-refractivity contribution in [3.05, 3.63) is 29.3 Å². The van der Waals surface area contributed by atoms with Crippen molar-refractivity contribution in [3.63, 3.8) is 0 Å². The molecule has 0 atom stereocenters. The van der Waals surface area contributed by atoms with Crippen molar-refractivity contribution < 1.29 is 24.5 Å². The number of hydrogen-bond acceptors (Lipinski definition) is 4. The number of methoxy groups -OCH3 is 2. The SMILES string of the molecule is CCCCc1c(OC)c(OC)cc2c(O)cc(C(=O)O)cc12. The number of ether oxygens (including phenoxy) is 2. The number of aryl methyl sites for hydroxylation is 1. The summed E-state index contributed by atoms with van der Waals surface area (Å²) in [6.07, 6.45) is 2.64. The summed E-state index contributed by atoms with van der Waals surface area (Å²) in [6, 6.07) is 4.50. The van der Waals surface area contributed by atoms with Crippen LogP contribution in [0.2, 0.25) is 0 Å². The number of unbranched alkanes of at least 4 members (excludes halogenated alkanes) is 1. The van der Waals surface area contributed by atoms with Gasteiger partial charge in [-0.2, -0.15) is 0 Å². The highest BCUT2D eigenvalue weighted by atomic mass is 16.5. The number of carbonyl (C=O) groups is 1. The summed E-state index contributed by atoms with van der Waals surface area (Å²) in [7, 11) is 3.09. The lowest BCUT2D eigenvalue weighted by atomic mass is 9.96. The van der Waals surface area contributed by atoms with Crippen LogP contribution in [0.3, 0.4) is 0 Å². The molecule has 2 aromatic rings. The van der Waals surface area contributed by atoms with Gasteiger partial charge in [-0.1, -0.05) is 13.3 Å². The van der Waals surface area contributed by atoms with Crippen LogP contribution in [0.15, 0.2) is 18.2 Å². The Bertz CT molecular complexity index is 706. The minimum Gasteiger partial charge on any atom is -0.507 e. The van der Waals surface area contributed by atoms with E-state index in [0.717, 1.165) is 24.8 Å². The molecule has 0 bridgehead atoms. The molecule has 0 unspecified atom stereocenters. The highest BCUT2D eigenvalue weighted by molar-refractivity contribution is 6.00. The molecule has 5 heteroatoms. The minimum absolute atomic E-state index is 0.0509. The molecule has 2 aromatic carbocycles. The van der Waals surface area contributed by atoms with Gasteiger partial charge in [0, 0.05) is 10.9 Å². The fourth-order valence-electron chi connectivity index (χ4n) is 2.61. The molecule has 0 amide bonds. The Morgan fingerprint density at radius 2 is 1.86 bits per heavy atom. The monoisotopic (exact) mass is 304 g/mol. The Hall–Kier alpha value is -2.43. The van der Waals surface area contributed by atoms with Crippen LogP contribution >= 0.6 is 0 Å². The molecule has 118 valence electrons. The molecule has 2 N–H and O–H groups in total. The van der Waals surface area contributed by atoms with E-state index in [9.17, 15) is 15.0 Å². The average molecular weight is 304 g/mol. The molecule has 5 nitrogen and oxygen atoms in total. The van der Waals surface area contributed by atoms with Gasteiger partial charge in [-0.15, -0.1) is 0 Å². The molecule has 0 spiro atoms. The predicted molar refractivity (Wildman–Crippen MR) is 84.3 cm³/mol. The standard InChI is InChI=1S/C17H20O5/c1-4-5-6-11-12-7-10(17(19)20)8-14(18)13(12)9-15(21-2)16(11)22-3/h7-9,18H,4-6H2,1-3H3,(H,19,20). The molecule has 0 fully saturated rings. The number of hydrogen-bond donors (Lipinski definition) is 2. The van der Waals surface area contributed by atoms with Crippen molar-refractivity contribution in [1.29, 1.82) is 0 Å². The zero-order valence-corrected chi connectivity index (χ0v) is 13.0. The van der Waals surface area contributed by atoms with Gasteiger partial charge in [0.25, 0.3) is 0 Å². The Kier molecular flexibility index (Phi) is 4.75. The molecular weight excluding hydrogens is 284 g/mol. The third-order valence-electron chi connectivity index (χ3n) is 3.71. The summed E-state index contributed by atoms with van der Waals surface area (Å²) in [6.45, 7) is 2.08. The fourth-order valence-corrected chi connectivity index (χ4v) is 2.61. The third-order valence-corrected chi connectivity index (χ3v) is 3.71. The van der Waals surface area contributed by atoms with Crippen molar-refractivity contribution in [3.8, 4) is 17.2 Å². The van der Waals surface area contributed by atoms with Gasteiger partial charge in [-0.05, 0) is 36.4 Å². The number of fused-ring (bicyclic) bond motifs is 1. The molecule has 0 aliphatic carbocycles. The van der Waals surface area contributed by atoms with E-state index < -0.39 is 5.97 Å². The normalized spacial score (nSPS) is 10.7. The maximum absolute atomic E-state index is 11.2. The van der Waals surface area contributed by atoms with Crippen molar-refractivity contribution in [2.45, 2.75) is 26.2 Å². The largest absolute Gasteiger partial charge is 0.507 e. The van der Waals surface area contributed by atoms with Crippen LogP contribution in [0.4, 0.5) is 0 Å². The average Bonchev–Trinajstić information content (AvgIpc) is 2.51. The van der Waals surface area contributed by atoms with E-state index in [1.807, 2.05) is 0 Å². The first-order valence-corrected chi connectivity index (χ1v) is 7.17. The highest BCUT2D eigenvalue weighted by Crippen LogP contribution is 2.41. The van der Waals surface area contributed by atoms with Gasteiger partial charge in [0.1, 0.15) is 5.75 Å². The van der Waals surface area contributed by atoms with E-state index in [4.69, 9.17) is 9.47 Å². The smallest absolute Gasteiger partial charge is 0.335 e. The number of phenols is 1. The Morgan fingerprint density at radius 3 is 2.41 bits per heavy atom. The van der Waals surface area contributed by atoms with Crippen LogP contribution in [0, 0.1) is 0 Å². The van der Waals surface area contributed by atoms with Crippen molar-refractivity contribution in [2.24, 2.45) is 0 Å². The highest BCUT2D eigenvalue weighted by Gasteiger charge is 2.18. The zero-order chi connectivity index (χ0) is 16.3. The minimum atomic E-state index is -1.08. The number of phenolic OH excluding ortho intramolecular Hbond substituents is 1. The molecule has 0 saturated heterocycles. The van der Waals surface area contributed by atoms with Gasteiger partial charge in [0.15, 0.2) is 11.5 Å². The summed E-state index contributed by atoms with van der Waals surface area (Å²) in [5.41, 5.74) is 0.909. The molecule has 0 heterocycles. The molecule has 0 radical (unpaired) electrons. The first-order chi connectivity index (χ1) is 10.5. The first kappa shape index (κ1) is 15.9. The number of benzene rings is 2. The lowest BCUT2D eigenvalue weighted by Gasteiger charge is -2.17. The summed E-state index contributed by atoms with van der Waals surface area (Å²) in [5, 5.41) is 20.6. The number of rotatable bonds is 6. The second-order valence-electron chi connectivity index (χ2n) is 5.09.